The fraction of sp³-hybridized carbons (Fsp3) is 0.333. The van der Waals surface area contributed by atoms with Crippen LogP contribution in [0.15, 0.2) is 24.7 Å². The zero-order valence-corrected chi connectivity index (χ0v) is 15.2. The van der Waals surface area contributed by atoms with E-state index in [1.807, 2.05) is 19.1 Å². The molecular weight excluding hydrogens is 350 g/mol. The van der Waals surface area contributed by atoms with Crippen LogP contribution in [0.2, 0.25) is 0 Å². The van der Waals surface area contributed by atoms with E-state index in [2.05, 4.69) is 20.3 Å². The maximum atomic E-state index is 11.6. The van der Waals surface area contributed by atoms with Crippen LogP contribution in [0.5, 0.6) is 5.88 Å². The lowest BCUT2D eigenvalue weighted by molar-refractivity contribution is 0.100. The van der Waals surface area contributed by atoms with Crippen molar-refractivity contribution in [2.45, 2.75) is 38.7 Å². The van der Waals surface area contributed by atoms with Crippen LogP contribution in [0.1, 0.15) is 40.9 Å². The SMILES string of the molecule is Cc1c(C(N)=O)sc2ncnc(Nc3cccnc3OC3CCCC3)c12. The van der Waals surface area contributed by atoms with Gasteiger partial charge in [-0.2, -0.15) is 0 Å². The van der Waals surface area contributed by atoms with Crippen molar-refractivity contribution in [2.24, 2.45) is 5.73 Å². The van der Waals surface area contributed by atoms with E-state index >= 15 is 0 Å². The minimum absolute atomic E-state index is 0.209. The first-order chi connectivity index (χ1) is 12.6. The second kappa shape index (κ2) is 6.87. The highest BCUT2D eigenvalue weighted by atomic mass is 32.1. The van der Waals surface area contributed by atoms with Gasteiger partial charge in [-0.25, -0.2) is 15.0 Å². The molecular formula is C18H19N5O2S. The Morgan fingerprint density at radius 2 is 2.12 bits per heavy atom. The number of fused-ring (bicyclic) bond motifs is 1. The van der Waals surface area contributed by atoms with E-state index in [1.54, 1.807) is 6.20 Å². The molecule has 8 heteroatoms. The third-order valence-corrected chi connectivity index (χ3v) is 5.77. The minimum atomic E-state index is -0.455. The van der Waals surface area contributed by atoms with E-state index in [4.69, 9.17) is 10.5 Å². The highest BCUT2D eigenvalue weighted by molar-refractivity contribution is 7.20. The van der Waals surface area contributed by atoms with Crippen molar-refractivity contribution >= 4 is 39.0 Å². The first kappa shape index (κ1) is 16.7. The number of hydrogen-bond acceptors (Lipinski definition) is 7. The molecule has 1 saturated carbocycles. The molecule has 0 spiro atoms. The highest BCUT2D eigenvalue weighted by Gasteiger charge is 2.21. The van der Waals surface area contributed by atoms with Crippen LogP contribution in [0, 0.1) is 6.92 Å². The maximum absolute atomic E-state index is 11.6. The van der Waals surface area contributed by atoms with Gasteiger partial charge in [-0.05, 0) is 50.3 Å². The second-order valence-electron chi connectivity index (χ2n) is 6.33. The monoisotopic (exact) mass is 369 g/mol. The van der Waals surface area contributed by atoms with Crippen molar-refractivity contribution in [3.63, 3.8) is 0 Å². The van der Waals surface area contributed by atoms with Crippen LogP contribution in [0.4, 0.5) is 11.5 Å². The van der Waals surface area contributed by atoms with Gasteiger partial charge in [0.25, 0.3) is 5.91 Å². The normalized spacial score (nSPS) is 14.7. The quantitative estimate of drug-likeness (QED) is 0.713. The molecule has 1 aliphatic rings. The van der Waals surface area contributed by atoms with Gasteiger partial charge in [-0.15, -0.1) is 11.3 Å². The summed E-state index contributed by atoms with van der Waals surface area (Å²) in [5, 5.41) is 4.09. The molecule has 134 valence electrons. The molecule has 1 fully saturated rings. The van der Waals surface area contributed by atoms with E-state index in [0.717, 1.165) is 34.3 Å². The third kappa shape index (κ3) is 3.08. The number of nitrogens with zero attached hydrogens (tertiary/aromatic N) is 3. The lowest BCUT2D eigenvalue weighted by Crippen LogP contribution is -2.13. The molecule has 3 heterocycles. The predicted molar refractivity (Wildman–Crippen MR) is 101 cm³/mol. The molecule has 1 aliphatic carbocycles. The van der Waals surface area contributed by atoms with Crippen LogP contribution in [-0.2, 0) is 0 Å². The van der Waals surface area contributed by atoms with Crippen molar-refractivity contribution in [3.05, 3.63) is 35.1 Å². The molecule has 3 N–H and O–H groups in total. The Bertz CT molecular complexity index is 965. The summed E-state index contributed by atoms with van der Waals surface area (Å²) in [5.41, 5.74) is 6.99. The summed E-state index contributed by atoms with van der Waals surface area (Å²) in [5.74, 6) is 0.720. The molecule has 0 saturated heterocycles. The van der Waals surface area contributed by atoms with Gasteiger partial charge in [-0.1, -0.05) is 0 Å². The molecule has 3 aromatic rings. The number of primary amides is 1. The van der Waals surface area contributed by atoms with Gasteiger partial charge in [0.05, 0.1) is 10.3 Å². The Labute approximate surface area is 154 Å². The molecule has 7 nitrogen and oxygen atoms in total. The summed E-state index contributed by atoms with van der Waals surface area (Å²) in [6.45, 7) is 1.85. The molecule has 26 heavy (non-hydrogen) atoms. The standard InChI is InChI=1S/C18H19N5O2S/c1-10-13-16(21-9-22-18(13)26-14(10)15(19)24)23-12-7-4-8-20-17(12)25-11-5-2-3-6-11/h4,7-9,11H,2-3,5-6H2,1H3,(H2,19,24)(H,21,22,23). The number of carbonyl (C=O) groups excluding carboxylic acids is 1. The Morgan fingerprint density at radius 3 is 2.88 bits per heavy atom. The molecule has 0 atom stereocenters. The zero-order chi connectivity index (χ0) is 18.1. The number of pyridine rings is 1. The summed E-state index contributed by atoms with van der Waals surface area (Å²) >= 11 is 1.27. The second-order valence-corrected chi connectivity index (χ2v) is 7.33. The van der Waals surface area contributed by atoms with Crippen LogP contribution < -0.4 is 15.8 Å². The van der Waals surface area contributed by atoms with Crippen LogP contribution in [0.25, 0.3) is 10.2 Å². The molecule has 0 unspecified atom stereocenters. The highest BCUT2D eigenvalue weighted by Crippen LogP contribution is 2.36. The average Bonchev–Trinajstić information content (AvgIpc) is 3.25. The molecule has 0 radical (unpaired) electrons. The number of amides is 1. The maximum Gasteiger partial charge on any atom is 0.259 e. The number of carbonyl (C=O) groups is 1. The number of anilines is 2. The number of rotatable bonds is 5. The average molecular weight is 369 g/mol. The van der Waals surface area contributed by atoms with Gasteiger partial charge < -0.3 is 15.8 Å². The van der Waals surface area contributed by atoms with Gasteiger partial charge in [0, 0.05) is 6.20 Å². The lowest BCUT2D eigenvalue weighted by atomic mass is 10.2. The van der Waals surface area contributed by atoms with E-state index in [9.17, 15) is 4.79 Å². The molecule has 1 amide bonds. The Morgan fingerprint density at radius 1 is 1.31 bits per heavy atom. The fourth-order valence-corrected chi connectivity index (χ4v) is 4.27. The number of aryl methyl sites for hydroxylation is 1. The summed E-state index contributed by atoms with van der Waals surface area (Å²) in [4.78, 5) is 25.9. The number of hydrogen-bond donors (Lipinski definition) is 2. The topological polar surface area (TPSA) is 103 Å². The first-order valence-electron chi connectivity index (χ1n) is 8.56. The molecule has 0 aromatic carbocycles. The molecule has 0 bridgehead atoms. The first-order valence-corrected chi connectivity index (χ1v) is 9.37. The number of thiophene rings is 1. The van der Waals surface area contributed by atoms with Gasteiger partial charge in [-0.3, -0.25) is 4.79 Å². The summed E-state index contributed by atoms with van der Waals surface area (Å²) < 4.78 is 6.08. The van der Waals surface area contributed by atoms with E-state index in [-0.39, 0.29) is 6.10 Å². The van der Waals surface area contributed by atoms with Crippen molar-refractivity contribution in [1.82, 2.24) is 15.0 Å². The number of nitrogens with two attached hydrogens (primary N) is 1. The van der Waals surface area contributed by atoms with Crippen molar-refractivity contribution in [3.8, 4) is 5.88 Å². The van der Waals surface area contributed by atoms with Gasteiger partial charge in [0.1, 0.15) is 28.8 Å². The Balaban J connectivity index is 1.70. The Hall–Kier alpha value is -2.74. The van der Waals surface area contributed by atoms with Crippen molar-refractivity contribution in [1.29, 1.82) is 0 Å². The van der Waals surface area contributed by atoms with Crippen molar-refractivity contribution in [2.75, 3.05) is 5.32 Å². The lowest BCUT2D eigenvalue weighted by Gasteiger charge is -2.16. The van der Waals surface area contributed by atoms with Gasteiger partial charge in [0.2, 0.25) is 5.88 Å². The van der Waals surface area contributed by atoms with Crippen LogP contribution in [0.3, 0.4) is 0 Å². The van der Waals surface area contributed by atoms with E-state index in [0.29, 0.717) is 16.6 Å². The molecule has 3 aromatic heterocycles. The van der Waals surface area contributed by atoms with Crippen molar-refractivity contribution < 1.29 is 9.53 Å². The number of nitrogens with one attached hydrogen (secondary N) is 1. The fourth-order valence-electron chi connectivity index (χ4n) is 3.27. The predicted octanol–water partition coefficient (Wildman–Crippen LogP) is 3.56. The van der Waals surface area contributed by atoms with Crippen LogP contribution in [-0.4, -0.2) is 27.0 Å². The molecule has 4 rings (SSSR count). The van der Waals surface area contributed by atoms with Crippen LogP contribution >= 0.6 is 11.3 Å². The number of aromatic nitrogens is 3. The minimum Gasteiger partial charge on any atom is -0.473 e. The van der Waals surface area contributed by atoms with E-state index in [1.165, 1.54) is 30.5 Å². The molecule has 0 aliphatic heterocycles. The van der Waals surface area contributed by atoms with Gasteiger partial charge in [0.15, 0.2) is 0 Å². The summed E-state index contributed by atoms with van der Waals surface area (Å²) in [7, 11) is 0. The Kier molecular flexibility index (Phi) is 4.42. The summed E-state index contributed by atoms with van der Waals surface area (Å²) in [6, 6.07) is 3.75. The smallest absolute Gasteiger partial charge is 0.259 e. The largest absolute Gasteiger partial charge is 0.473 e. The summed E-state index contributed by atoms with van der Waals surface area (Å²) in [6.07, 6.45) is 7.89. The third-order valence-electron chi connectivity index (χ3n) is 4.56. The van der Waals surface area contributed by atoms with Gasteiger partial charge >= 0.3 is 0 Å². The number of ether oxygens (including phenoxy) is 1. The van der Waals surface area contributed by atoms with E-state index < -0.39 is 5.91 Å². The zero-order valence-electron chi connectivity index (χ0n) is 14.4.